The maximum Gasteiger partial charge on any atom is 0.287 e. The van der Waals surface area contributed by atoms with Gasteiger partial charge in [-0.1, -0.05) is 30.3 Å². The van der Waals surface area contributed by atoms with Crippen LogP contribution in [0.15, 0.2) is 71.1 Å². The van der Waals surface area contributed by atoms with Crippen molar-refractivity contribution in [1.29, 1.82) is 0 Å². The minimum Gasteiger partial charge on any atom is -0.451 e. The van der Waals surface area contributed by atoms with Crippen molar-refractivity contribution in [2.75, 3.05) is 24.3 Å². The molecule has 1 aliphatic carbocycles. The van der Waals surface area contributed by atoms with Crippen molar-refractivity contribution >= 4 is 34.0 Å². The summed E-state index contributed by atoms with van der Waals surface area (Å²) in [5.74, 6) is 1.19. The van der Waals surface area contributed by atoms with Crippen LogP contribution in [0.3, 0.4) is 0 Å². The first-order valence-corrected chi connectivity index (χ1v) is 12.4. The van der Waals surface area contributed by atoms with E-state index in [1.807, 2.05) is 32.3 Å². The molecular weight excluding hydrogens is 470 g/mol. The molecule has 0 aliphatic heterocycles. The van der Waals surface area contributed by atoms with Gasteiger partial charge in [-0.3, -0.25) is 14.9 Å². The summed E-state index contributed by atoms with van der Waals surface area (Å²) < 4.78 is 5.71. The summed E-state index contributed by atoms with van der Waals surface area (Å²) in [5.41, 5.74) is 2.61. The summed E-state index contributed by atoms with van der Waals surface area (Å²) >= 11 is 0. The lowest BCUT2D eigenvalue weighted by atomic mass is 9.91. The van der Waals surface area contributed by atoms with Gasteiger partial charge in [0.2, 0.25) is 0 Å². The van der Waals surface area contributed by atoms with E-state index in [0.717, 1.165) is 48.1 Å². The number of amides is 1. The molecule has 0 bridgehead atoms. The Morgan fingerprint density at radius 1 is 1.00 bits per heavy atom. The molecule has 2 N–H and O–H groups in total. The predicted octanol–water partition coefficient (Wildman–Crippen LogP) is 5.62. The molecule has 1 aliphatic rings. The first-order chi connectivity index (χ1) is 17.9. The Hall–Kier alpha value is -4.40. The zero-order valence-electron chi connectivity index (χ0n) is 20.8. The fourth-order valence-corrected chi connectivity index (χ4v) is 4.84. The Labute approximate surface area is 214 Å². The van der Waals surface area contributed by atoms with Crippen LogP contribution in [0.5, 0.6) is 0 Å². The van der Waals surface area contributed by atoms with E-state index >= 15 is 0 Å². The van der Waals surface area contributed by atoms with Crippen molar-refractivity contribution in [2.45, 2.75) is 37.8 Å². The van der Waals surface area contributed by atoms with Gasteiger partial charge in [-0.2, -0.15) is 0 Å². The van der Waals surface area contributed by atoms with Gasteiger partial charge in [0.25, 0.3) is 11.6 Å². The van der Waals surface area contributed by atoms with E-state index < -0.39 is 4.92 Å². The molecule has 1 amide bonds. The smallest absolute Gasteiger partial charge is 0.287 e. The second kappa shape index (κ2) is 10.3. The van der Waals surface area contributed by atoms with Crippen LogP contribution in [0.2, 0.25) is 0 Å². The molecule has 4 aromatic rings. The maximum absolute atomic E-state index is 12.8. The van der Waals surface area contributed by atoms with Crippen LogP contribution in [-0.4, -0.2) is 42.0 Å². The molecule has 0 unspecified atom stereocenters. The Morgan fingerprint density at radius 2 is 1.76 bits per heavy atom. The molecule has 0 saturated heterocycles. The first-order valence-electron chi connectivity index (χ1n) is 12.4. The number of carbonyl (C=O) groups excluding carboxylic acids is 1. The van der Waals surface area contributed by atoms with Crippen molar-refractivity contribution in [2.24, 2.45) is 0 Å². The molecule has 2 heterocycles. The number of nitro groups is 1. The highest BCUT2D eigenvalue weighted by atomic mass is 16.6. The van der Waals surface area contributed by atoms with E-state index in [0.29, 0.717) is 11.3 Å². The molecule has 5 rings (SSSR count). The zero-order valence-corrected chi connectivity index (χ0v) is 20.8. The van der Waals surface area contributed by atoms with Crippen LogP contribution in [-0.2, 0) is 0 Å². The van der Waals surface area contributed by atoms with Crippen LogP contribution in [0.1, 0.15) is 36.2 Å². The lowest BCUT2D eigenvalue weighted by molar-refractivity contribution is -0.384. The van der Waals surface area contributed by atoms with Gasteiger partial charge in [-0.15, -0.1) is 0 Å². The normalized spacial score (nSPS) is 17.4. The highest BCUT2D eigenvalue weighted by molar-refractivity contribution is 5.93. The first kappa shape index (κ1) is 24.3. The number of fused-ring (bicyclic) bond motifs is 1. The fourth-order valence-electron chi connectivity index (χ4n) is 4.84. The molecule has 9 nitrogen and oxygen atoms in total. The molecule has 9 heteroatoms. The van der Waals surface area contributed by atoms with Crippen molar-refractivity contribution in [3.8, 4) is 11.3 Å². The number of hydrogen-bond donors (Lipinski definition) is 2. The number of nitrogens with one attached hydrogen (secondary N) is 2. The van der Waals surface area contributed by atoms with E-state index in [1.165, 1.54) is 12.1 Å². The van der Waals surface area contributed by atoms with Gasteiger partial charge in [0.05, 0.1) is 10.4 Å². The van der Waals surface area contributed by atoms with Gasteiger partial charge >= 0.3 is 0 Å². The molecule has 37 heavy (non-hydrogen) atoms. The second-order valence-corrected chi connectivity index (χ2v) is 9.58. The molecule has 2 aromatic heterocycles. The number of pyridine rings is 1. The third kappa shape index (κ3) is 5.40. The van der Waals surface area contributed by atoms with Crippen molar-refractivity contribution in [1.82, 2.24) is 10.3 Å². The van der Waals surface area contributed by atoms with Crippen molar-refractivity contribution < 1.29 is 14.1 Å². The SMILES string of the molecule is CN(C)c1cc(NC2CCC(NC(=O)c3ccc(-c4cccc([N+](=O)[O-])c4)o3)CC2)nc2ccccc12. The number of carbonyl (C=O) groups is 1. The van der Waals surface area contributed by atoms with Gasteiger partial charge in [-0.05, 0) is 43.9 Å². The summed E-state index contributed by atoms with van der Waals surface area (Å²) in [6, 6.07) is 20.0. The Bertz CT molecular complexity index is 1440. The van der Waals surface area contributed by atoms with Crippen LogP contribution in [0, 0.1) is 10.1 Å². The van der Waals surface area contributed by atoms with Gasteiger partial charge in [-0.25, -0.2) is 4.98 Å². The third-order valence-corrected chi connectivity index (χ3v) is 6.76. The topological polar surface area (TPSA) is 114 Å². The zero-order chi connectivity index (χ0) is 25.9. The predicted molar refractivity (Wildman–Crippen MR) is 144 cm³/mol. The number of aromatic nitrogens is 1. The summed E-state index contributed by atoms with van der Waals surface area (Å²) in [6.07, 6.45) is 3.51. The van der Waals surface area contributed by atoms with Gasteiger partial charge in [0.1, 0.15) is 11.6 Å². The number of nitro benzene ring substituents is 1. The average molecular weight is 500 g/mol. The lowest BCUT2D eigenvalue weighted by Gasteiger charge is -2.30. The second-order valence-electron chi connectivity index (χ2n) is 9.58. The van der Waals surface area contributed by atoms with Crippen LogP contribution in [0.25, 0.3) is 22.2 Å². The van der Waals surface area contributed by atoms with Gasteiger partial charge in [0, 0.05) is 61.0 Å². The molecule has 0 radical (unpaired) electrons. The van der Waals surface area contributed by atoms with E-state index in [-0.39, 0.29) is 29.4 Å². The number of nitrogens with zero attached hydrogens (tertiary/aromatic N) is 3. The Morgan fingerprint density at radius 3 is 2.51 bits per heavy atom. The minimum absolute atomic E-state index is 0.0258. The summed E-state index contributed by atoms with van der Waals surface area (Å²) in [5, 5.41) is 18.8. The quantitative estimate of drug-likeness (QED) is 0.250. The van der Waals surface area contributed by atoms with Gasteiger partial charge < -0.3 is 20.0 Å². The van der Waals surface area contributed by atoms with E-state index in [4.69, 9.17) is 9.40 Å². The maximum atomic E-state index is 12.8. The highest BCUT2D eigenvalue weighted by Crippen LogP contribution is 2.30. The monoisotopic (exact) mass is 499 g/mol. The van der Waals surface area contributed by atoms with Crippen molar-refractivity contribution in [3.05, 3.63) is 82.6 Å². The molecule has 0 spiro atoms. The number of para-hydroxylation sites is 1. The summed E-state index contributed by atoms with van der Waals surface area (Å²) in [7, 11) is 4.07. The van der Waals surface area contributed by atoms with Crippen LogP contribution in [0.4, 0.5) is 17.2 Å². The Balaban J connectivity index is 1.18. The minimum atomic E-state index is -0.456. The lowest BCUT2D eigenvalue weighted by Crippen LogP contribution is -2.40. The number of non-ortho nitro benzene ring substituents is 1. The molecule has 190 valence electrons. The molecular formula is C28H29N5O4. The molecule has 1 saturated carbocycles. The van der Waals surface area contributed by atoms with Crippen LogP contribution < -0.4 is 15.5 Å². The van der Waals surface area contributed by atoms with Crippen LogP contribution >= 0.6 is 0 Å². The van der Waals surface area contributed by atoms with E-state index in [1.54, 1.807) is 24.3 Å². The number of hydrogen-bond acceptors (Lipinski definition) is 7. The van der Waals surface area contributed by atoms with Gasteiger partial charge in [0.15, 0.2) is 5.76 Å². The fraction of sp³-hybridized carbons (Fsp3) is 0.286. The van der Waals surface area contributed by atoms with Crippen molar-refractivity contribution in [3.63, 3.8) is 0 Å². The molecule has 0 atom stereocenters. The largest absolute Gasteiger partial charge is 0.451 e. The summed E-state index contributed by atoms with van der Waals surface area (Å²) in [4.78, 5) is 30.3. The number of anilines is 2. The van der Waals surface area contributed by atoms with E-state index in [2.05, 4.69) is 27.7 Å². The molecule has 1 fully saturated rings. The standard InChI is InChI=1S/C28H29N5O4/c1-32(2)24-17-27(31-23-9-4-3-8-22(23)24)29-19-10-12-20(13-11-19)30-28(34)26-15-14-25(37-26)18-6-5-7-21(16-18)33(35)36/h3-9,14-17,19-20H,10-13H2,1-2H3,(H,29,31)(H,30,34). The Kier molecular flexibility index (Phi) is 6.76. The summed E-state index contributed by atoms with van der Waals surface area (Å²) in [6.45, 7) is 0. The number of furan rings is 1. The average Bonchev–Trinajstić information content (AvgIpc) is 3.40. The third-order valence-electron chi connectivity index (χ3n) is 6.76. The molecule has 2 aromatic carbocycles. The van der Waals surface area contributed by atoms with E-state index in [9.17, 15) is 14.9 Å². The number of rotatable bonds is 7. The highest BCUT2D eigenvalue weighted by Gasteiger charge is 2.24. The number of benzene rings is 2.